The molecule has 1 aromatic carbocycles. The molecule has 132 valence electrons. The van der Waals surface area contributed by atoms with Crippen LogP contribution in [0.2, 0.25) is 0 Å². The summed E-state index contributed by atoms with van der Waals surface area (Å²) in [5.74, 6) is 0.0419. The number of carbonyl (C=O) groups excluding carboxylic acids is 1. The molecular formula is C19H24N4O2. The molecule has 1 fully saturated rings. The van der Waals surface area contributed by atoms with Gasteiger partial charge in [0.1, 0.15) is 5.82 Å². The van der Waals surface area contributed by atoms with Gasteiger partial charge in [0.2, 0.25) is 5.91 Å². The fourth-order valence-corrected chi connectivity index (χ4v) is 2.84. The second-order valence-corrected chi connectivity index (χ2v) is 6.22. The van der Waals surface area contributed by atoms with Crippen molar-refractivity contribution < 1.29 is 9.53 Å². The molecule has 0 radical (unpaired) electrons. The number of hydrogen-bond donors (Lipinski definition) is 2. The summed E-state index contributed by atoms with van der Waals surface area (Å²) in [5, 5.41) is 2.85. The molecule has 6 nitrogen and oxygen atoms in total. The highest BCUT2D eigenvalue weighted by Crippen LogP contribution is 2.21. The topological polar surface area (TPSA) is 80.5 Å². The number of anilines is 2. The van der Waals surface area contributed by atoms with Crippen molar-refractivity contribution in [1.82, 2.24) is 4.98 Å². The zero-order valence-corrected chi connectivity index (χ0v) is 14.4. The lowest BCUT2D eigenvalue weighted by molar-refractivity contribution is -0.120. The first kappa shape index (κ1) is 17.4. The maximum atomic E-state index is 12.5. The van der Waals surface area contributed by atoms with E-state index >= 15 is 0 Å². The molecule has 25 heavy (non-hydrogen) atoms. The first-order chi connectivity index (χ1) is 12.1. The van der Waals surface area contributed by atoms with Crippen molar-refractivity contribution in [3.05, 3.63) is 54.2 Å². The number of aromatic nitrogens is 1. The fourth-order valence-electron chi connectivity index (χ4n) is 2.84. The lowest BCUT2D eigenvalue weighted by Crippen LogP contribution is -2.36. The Morgan fingerprint density at radius 1 is 1.20 bits per heavy atom. The summed E-state index contributed by atoms with van der Waals surface area (Å²) in [5.41, 5.74) is 8.20. The Labute approximate surface area is 148 Å². The Hall–Kier alpha value is -2.44. The van der Waals surface area contributed by atoms with Crippen LogP contribution in [-0.4, -0.2) is 37.2 Å². The minimum absolute atomic E-state index is 0.136. The monoisotopic (exact) mass is 340 g/mol. The van der Waals surface area contributed by atoms with Gasteiger partial charge in [0, 0.05) is 19.1 Å². The van der Waals surface area contributed by atoms with Crippen molar-refractivity contribution in [2.24, 2.45) is 11.7 Å². The Kier molecular flexibility index (Phi) is 5.63. The SMILES string of the molecule is CC(C(=O)Nc1ccc(N2CCOCC2)cn1)C(N)c1ccccc1. The van der Waals surface area contributed by atoms with Crippen LogP contribution in [0.3, 0.4) is 0 Å². The number of benzene rings is 1. The van der Waals surface area contributed by atoms with Crippen LogP contribution in [0.15, 0.2) is 48.7 Å². The van der Waals surface area contributed by atoms with E-state index in [1.165, 1.54) is 0 Å². The number of morpholine rings is 1. The Bertz CT molecular complexity index is 684. The molecule has 0 saturated carbocycles. The van der Waals surface area contributed by atoms with Crippen molar-refractivity contribution in [2.75, 3.05) is 36.5 Å². The van der Waals surface area contributed by atoms with Crippen molar-refractivity contribution in [3.8, 4) is 0 Å². The van der Waals surface area contributed by atoms with E-state index in [4.69, 9.17) is 10.5 Å². The summed E-state index contributed by atoms with van der Waals surface area (Å²) < 4.78 is 5.35. The average Bonchev–Trinajstić information content (AvgIpc) is 2.68. The number of nitrogens with zero attached hydrogens (tertiary/aromatic N) is 2. The van der Waals surface area contributed by atoms with E-state index in [-0.39, 0.29) is 17.9 Å². The number of ether oxygens (including phenoxy) is 1. The maximum absolute atomic E-state index is 12.5. The van der Waals surface area contributed by atoms with Crippen LogP contribution in [0.5, 0.6) is 0 Å². The second kappa shape index (κ2) is 8.09. The highest BCUT2D eigenvalue weighted by molar-refractivity contribution is 5.92. The summed E-state index contributed by atoms with van der Waals surface area (Å²) in [4.78, 5) is 19.0. The van der Waals surface area contributed by atoms with E-state index in [0.717, 1.165) is 37.6 Å². The fraction of sp³-hybridized carbons (Fsp3) is 0.368. The van der Waals surface area contributed by atoms with Crippen LogP contribution in [0.25, 0.3) is 0 Å². The smallest absolute Gasteiger partial charge is 0.230 e. The van der Waals surface area contributed by atoms with Crippen molar-refractivity contribution >= 4 is 17.4 Å². The largest absolute Gasteiger partial charge is 0.378 e. The number of carbonyl (C=O) groups is 1. The molecule has 0 spiro atoms. The van der Waals surface area contributed by atoms with Gasteiger partial charge in [-0.25, -0.2) is 4.98 Å². The first-order valence-electron chi connectivity index (χ1n) is 8.55. The third-order valence-electron chi connectivity index (χ3n) is 4.51. The van der Waals surface area contributed by atoms with E-state index in [2.05, 4.69) is 15.2 Å². The van der Waals surface area contributed by atoms with E-state index in [1.54, 1.807) is 6.20 Å². The molecule has 3 N–H and O–H groups in total. The van der Waals surface area contributed by atoms with Crippen LogP contribution < -0.4 is 16.0 Å². The zero-order valence-electron chi connectivity index (χ0n) is 14.4. The average molecular weight is 340 g/mol. The van der Waals surface area contributed by atoms with E-state index < -0.39 is 0 Å². The lowest BCUT2D eigenvalue weighted by atomic mass is 9.95. The summed E-state index contributed by atoms with van der Waals surface area (Å²) in [6, 6.07) is 13.1. The Morgan fingerprint density at radius 2 is 1.92 bits per heavy atom. The van der Waals surface area contributed by atoms with Gasteiger partial charge in [-0.05, 0) is 17.7 Å². The molecule has 2 aromatic rings. The molecule has 0 aliphatic carbocycles. The summed E-state index contributed by atoms with van der Waals surface area (Å²) >= 11 is 0. The normalized spacial score (nSPS) is 17.0. The molecular weight excluding hydrogens is 316 g/mol. The van der Waals surface area contributed by atoms with Gasteiger partial charge in [-0.15, -0.1) is 0 Å². The van der Waals surface area contributed by atoms with E-state index in [0.29, 0.717) is 5.82 Å². The minimum atomic E-state index is -0.358. The van der Waals surface area contributed by atoms with Gasteiger partial charge in [-0.2, -0.15) is 0 Å². The minimum Gasteiger partial charge on any atom is -0.378 e. The van der Waals surface area contributed by atoms with Gasteiger partial charge in [-0.1, -0.05) is 37.3 Å². The summed E-state index contributed by atoms with van der Waals surface area (Å²) in [7, 11) is 0. The van der Waals surface area contributed by atoms with E-state index in [9.17, 15) is 4.79 Å². The molecule has 2 atom stereocenters. The predicted molar refractivity (Wildman–Crippen MR) is 98.4 cm³/mol. The predicted octanol–water partition coefficient (Wildman–Crippen LogP) is 2.19. The van der Waals surface area contributed by atoms with Crippen LogP contribution in [0.1, 0.15) is 18.5 Å². The standard InChI is InChI=1S/C19H24N4O2/c1-14(18(20)15-5-3-2-4-6-15)19(24)22-17-8-7-16(13-21-17)23-9-11-25-12-10-23/h2-8,13-14,18H,9-12,20H2,1H3,(H,21,22,24). The number of pyridine rings is 1. The number of nitrogens with one attached hydrogen (secondary N) is 1. The molecule has 1 saturated heterocycles. The molecule has 2 heterocycles. The zero-order chi connectivity index (χ0) is 17.6. The van der Waals surface area contributed by atoms with Gasteiger partial charge in [0.15, 0.2) is 0 Å². The first-order valence-corrected chi connectivity index (χ1v) is 8.55. The van der Waals surface area contributed by atoms with Crippen LogP contribution in [-0.2, 0) is 9.53 Å². The Morgan fingerprint density at radius 3 is 2.56 bits per heavy atom. The molecule has 6 heteroatoms. The number of amides is 1. The molecule has 1 aliphatic rings. The maximum Gasteiger partial charge on any atom is 0.230 e. The Balaban J connectivity index is 1.60. The molecule has 2 unspecified atom stereocenters. The third-order valence-corrected chi connectivity index (χ3v) is 4.51. The van der Waals surface area contributed by atoms with Crippen LogP contribution >= 0.6 is 0 Å². The highest BCUT2D eigenvalue weighted by atomic mass is 16.5. The van der Waals surface area contributed by atoms with Crippen molar-refractivity contribution in [1.29, 1.82) is 0 Å². The second-order valence-electron chi connectivity index (χ2n) is 6.22. The number of nitrogens with two attached hydrogens (primary N) is 1. The molecule has 1 aliphatic heterocycles. The van der Waals surface area contributed by atoms with Crippen LogP contribution in [0.4, 0.5) is 11.5 Å². The molecule has 0 bridgehead atoms. The van der Waals surface area contributed by atoms with Gasteiger partial charge in [-0.3, -0.25) is 4.79 Å². The van der Waals surface area contributed by atoms with Gasteiger partial charge >= 0.3 is 0 Å². The summed E-state index contributed by atoms with van der Waals surface area (Å²) in [6.07, 6.45) is 1.78. The van der Waals surface area contributed by atoms with E-state index in [1.807, 2.05) is 49.4 Å². The van der Waals surface area contributed by atoms with Crippen LogP contribution in [0, 0.1) is 5.92 Å². The number of rotatable bonds is 5. The molecule has 1 amide bonds. The van der Waals surface area contributed by atoms with Gasteiger partial charge < -0.3 is 20.7 Å². The third kappa shape index (κ3) is 4.35. The quantitative estimate of drug-likeness (QED) is 0.872. The van der Waals surface area contributed by atoms with Gasteiger partial charge in [0.05, 0.1) is 31.0 Å². The van der Waals surface area contributed by atoms with Gasteiger partial charge in [0.25, 0.3) is 0 Å². The summed E-state index contributed by atoms with van der Waals surface area (Å²) in [6.45, 7) is 5.00. The molecule has 3 rings (SSSR count). The highest BCUT2D eigenvalue weighted by Gasteiger charge is 2.22. The lowest BCUT2D eigenvalue weighted by Gasteiger charge is -2.28. The number of hydrogen-bond acceptors (Lipinski definition) is 5. The molecule has 1 aromatic heterocycles. The van der Waals surface area contributed by atoms with Crippen molar-refractivity contribution in [2.45, 2.75) is 13.0 Å². The van der Waals surface area contributed by atoms with Crippen molar-refractivity contribution in [3.63, 3.8) is 0 Å².